The fraction of sp³-hybridized carbons (Fsp3) is 0.250. The highest BCUT2D eigenvalue weighted by Gasteiger charge is 1.77. The molecule has 0 radical (unpaired) electrons. The van der Waals surface area contributed by atoms with Crippen molar-refractivity contribution in [3.63, 3.8) is 0 Å². The monoisotopic (exact) mass is 140 g/mol. The van der Waals surface area contributed by atoms with E-state index < -0.39 is 5.24 Å². The van der Waals surface area contributed by atoms with E-state index >= 15 is 0 Å². The Morgan fingerprint density at radius 2 is 2.14 bits per heavy atom. The molecule has 0 bridgehead atoms. The molecule has 0 rings (SSSR count). The molecule has 0 amide bonds. The van der Waals surface area contributed by atoms with E-state index in [0.29, 0.717) is 0 Å². The molecule has 0 aromatic heterocycles. The minimum Gasteiger partial charge on any atom is -0.276 e. The van der Waals surface area contributed by atoms with Crippen LogP contribution in [-0.2, 0) is 4.79 Å². The van der Waals surface area contributed by atoms with Crippen molar-refractivity contribution in [2.24, 2.45) is 0 Å². The normalized spacial score (nSPS) is 8.29. The molecule has 0 aromatic carbocycles. The van der Waals surface area contributed by atoms with Crippen LogP contribution in [0.25, 0.3) is 0 Å². The molecule has 0 saturated heterocycles. The maximum atomic E-state index is 9.72. The number of halogens is 2. The van der Waals surface area contributed by atoms with E-state index in [0.717, 1.165) is 0 Å². The van der Waals surface area contributed by atoms with Crippen LogP contribution in [0.15, 0.2) is 12.2 Å². The average Bonchev–Trinajstić information content (AvgIpc) is 1.35. The topological polar surface area (TPSA) is 17.1 Å². The first-order valence-corrected chi connectivity index (χ1v) is 1.97. The van der Waals surface area contributed by atoms with Crippen LogP contribution in [0.5, 0.6) is 0 Å². The summed E-state index contributed by atoms with van der Waals surface area (Å²) in [6.45, 7) is 1.74. The molecule has 0 spiro atoms. The maximum absolute atomic E-state index is 9.72. The average molecular weight is 141 g/mol. The molecule has 1 nitrogen and oxygen atoms in total. The molecule has 7 heavy (non-hydrogen) atoms. The molecule has 0 saturated carbocycles. The van der Waals surface area contributed by atoms with Gasteiger partial charge in [0.05, 0.1) is 0 Å². The van der Waals surface area contributed by atoms with Crippen LogP contribution in [0.2, 0.25) is 0 Å². The Kier molecular flexibility index (Phi) is 8.62. The molecule has 3 heteroatoms. The Bertz CT molecular complexity index is 77.8. The summed E-state index contributed by atoms with van der Waals surface area (Å²) in [6.07, 6.45) is 2.89. The summed E-state index contributed by atoms with van der Waals surface area (Å²) in [5, 5.41) is -0.419. The van der Waals surface area contributed by atoms with Gasteiger partial charge in [-0.15, -0.1) is 12.4 Å². The second-order valence-electron chi connectivity index (χ2n) is 0.804. The summed E-state index contributed by atoms with van der Waals surface area (Å²) >= 11 is 4.85. The summed E-state index contributed by atoms with van der Waals surface area (Å²) in [5.41, 5.74) is 0. The number of rotatable bonds is 1. The fourth-order valence-corrected chi connectivity index (χ4v) is 0.257. The predicted octanol–water partition coefficient (Wildman–Crippen LogP) is 1.75. The van der Waals surface area contributed by atoms with Crippen molar-refractivity contribution in [3.05, 3.63) is 12.2 Å². The van der Waals surface area contributed by atoms with E-state index in [1.165, 1.54) is 6.08 Å². The SMILES string of the molecule is C/C=C/C(=O)Cl.Cl. The van der Waals surface area contributed by atoms with Crippen molar-refractivity contribution in [1.29, 1.82) is 0 Å². The Morgan fingerprint density at radius 1 is 1.71 bits per heavy atom. The van der Waals surface area contributed by atoms with Crippen LogP contribution in [0.3, 0.4) is 0 Å². The number of hydrogen-bond donors (Lipinski definition) is 0. The third kappa shape index (κ3) is 10.7. The van der Waals surface area contributed by atoms with E-state index in [4.69, 9.17) is 11.6 Å². The molecule has 0 fully saturated rings. The molecule has 0 aromatic rings. The van der Waals surface area contributed by atoms with Gasteiger partial charge in [0, 0.05) is 0 Å². The second kappa shape index (κ2) is 5.99. The smallest absolute Gasteiger partial charge is 0.244 e. The number of carbonyl (C=O) groups excluding carboxylic acids is 1. The Labute approximate surface area is 53.8 Å². The van der Waals surface area contributed by atoms with Gasteiger partial charge in [0.2, 0.25) is 5.24 Å². The molecule has 0 unspecified atom stereocenters. The Balaban J connectivity index is 0. The van der Waals surface area contributed by atoms with Crippen molar-refractivity contribution in [1.82, 2.24) is 0 Å². The fourth-order valence-electron chi connectivity index (χ4n) is 0.131. The van der Waals surface area contributed by atoms with Crippen molar-refractivity contribution in [3.8, 4) is 0 Å². The van der Waals surface area contributed by atoms with Gasteiger partial charge >= 0.3 is 0 Å². The zero-order chi connectivity index (χ0) is 4.99. The Morgan fingerprint density at radius 3 is 2.14 bits per heavy atom. The van der Waals surface area contributed by atoms with Crippen LogP contribution >= 0.6 is 24.0 Å². The van der Waals surface area contributed by atoms with Gasteiger partial charge in [-0.2, -0.15) is 0 Å². The number of hydrogen-bond acceptors (Lipinski definition) is 1. The van der Waals surface area contributed by atoms with Gasteiger partial charge < -0.3 is 0 Å². The molecule has 0 aliphatic rings. The molecule has 0 heterocycles. The second-order valence-corrected chi connectivity index (χ2v) is 1.18. The first-order valence-electron chi connectivity index (χ1n) is 1.59. The highest BCUT2D eigenvalue weighted by Crippen LogP contribution is 1.78. The van der Waals surface area contributed by atoms with Gasteiger partial charge in [-0.1, -0.05) is 6.08 Å². The number of carbonyl (C=O) groups is 1. The third-order valence-corrected chi connectivity index (χ3v) is 0.424. The summed E-state index contributed by atoms with van der Waals surface area (Å²) in [7, 11) is 0. The van der Waals surface area contributed by atoms with Crippen LogP contribution in [0.4, 0.5) is 0 Å². The van der Waals surface area contributed by atoms with Crippen LogP contribution < -0.4 is 0 Å². The van der Waals surface area contributed by atoms with Crippen molar-refractivity contribution in [2.75, 3.05) is 0 Å². The van der Waals surface area contributed by atoms with Gasteiger partial charge in [-0.05, 0) is 24.6 Å². The van der Waals surface area contributed by atoms with E-state index in [2.05, 4.69) is 0 Å². The largest absolute Gasteiger partial charge is 0.276 e. The molecule has 42 valence electrons. The van der Waals surface area contributed by atoms with E-state index in [9.17, 15) is 4.79 Å². The lowest BCUT2D eigenvalue weighted by molar-refractivity contribution is -0.107. The first kappa shape index (κ1) is 10.1. The van der Waals surface area contributed by atoms with Gasteiger partial charge in [0.15, 0.2) is 0 Å². The van der Waals surface area contributed by atoms with E-state index in [1.807, 2.05) is 0 Å². The summed E-state index contributed by atoms with van der Waals surface area (Å²) < 4.78 is 0. The molecular weight excluding hydrogens is 135 g/mol. The standard InChI is InChI=1S/C4H5ClO.ClH/c1-2-3-4(5)6;/h2-3H,1H3;1H/b3-2+;. The highest BCUT2D eigenvalue weighted by molar-refractivity contribution is 6.66. The minimum atomic E-state index is -0.419. The van der Waals surface area contributed by atoms with Gasteiger partial charge in [0.25, 0.3) is 0 Å². The van der Waals surface area contributed by atoms with Crippen LogP contribution in [0.1, 0.15) is 6.92 Å². The third-order valence-electron chi connectivity index (χ3n) is 0.298. The summed E-state index contributed by atoms with van der Waals surface area (Å²) in [4.78, 5) is 9.72. The lowest BCUT2D eigenvalue weighted by Crippen LogP contribution is -1.70. The maximum Gasteiger partial charge on any atom is 0.244 e. The molecule has 0 aliphatic heterocycles. The zero-order valence-electron chi connectivity index (χ0n) is 3.85. The van der Waals surface area contributed by atoms with Crippen molar-refractivity contribution >= 4 is 29.3 Å². The van der Waals surface area contributed by atoms with Crippen LogP contribution in [0, 0.1) is 0 Å². The zero-order valence-corrected chi connectivity index (χ0v) is 5.42. The van der Waals surface area contributed by atoms with E-state index in [1.54, 1.807) is 13.0 Å². The lowest BCUT2D eigenvalue weighted by atomic mass is 10.6. The minimum absolute atomic E-state index is 0. The van der Waals surface area contributed by atoms with Crippen molar-refractivity contribution in [2.45, 2.75) is 6.92 Å². The van der Waals surface area contributed by atoms with Gasteiger partial charge in [-0.25, -0.2) is 0 Å². The molecule has 0 atom stereocenters. The molecule has 0 N–H and O–H groups in total. The quantitative estimate of drug-likeness (QED) is 0.401. The number of allylic oxidation sites excluding steroid dienone is 2. The molecular formula is C4H6Cl2O. The van der Waals surface area contributed by atoms with Gasteiger partial charge in [-0.3, -0.25) is 4.79 Å². The predicted molar refractivity (Wildman–Crippen MR) is 32.9 cm³/mol. The van der Waals surface area contributed by atoms with Gasteiger partial charge in [0.1, 0.15) is 0 Å². The summed E-state index contributed by atoms with van der Waals surface area (Å²) in [5.74, 6) is 0. The van der Waals surface area contributed by atoms with E-state index in [-0.39, 0.29) is 12.4 Å². The lowest BCUT2D eigenvalue weighted by Gasteiger charge is -1.65. The summed E-state index contributed by atoms with van der Waals surface area (Å²) in [6, 6.07) is 0. The first-order chi connectivity index (χ1) is 2.77. The molecule has 0 aliphatic carbocycles. The highest BCUT2D eigenvalue weighted by atomic mass is 35.5. The van der Waals surface area contributed by atoms with Crippen molar-refractivity contribution < 1.29 is 4.79 Å². The van der Waals surface area contributed by atoms with Crippen LogP contribution in [-0.4, -0.2) is 5.24 Å². The Hall–Kier alpha value is -0.0100.